The lowest BCUT2D eigenvalue weighted by molar-refractivity contribution is -0.134. The Morgan fingerprint density at radius 1 is 1.10 bits per heavy atom. The summed E-state index contributed by atoms with van der Waals surface area (Å²) in [6, 6.07) is 6.05. The Kier molecular flexibility index (Phi) is 7.15. The zero-order valence-electron chi connectivity index (χ0n) is 21.8. The van der Waals surface area contributed by atoms with Gasteiger partial charge >= 0.3 is 0 Å². The van der Waals surface area contributed by atoms with E-state index in [1.165, 1.54) is 10.9 Å². The topological polar surface area (TPSA) is 105 Å². The molecule has 2 unspecified atom stereocenters. The smallest absolute Gasteiger partial charge is 0.270 e. The van der Waals surface area contributed by atoms with Crippen molar-refractivity contribution in [3.05, 3.63) is 47.5 Å². The molecule has 3 N–H and O–H groups in total. The molecule has 39 heavy (non-hydrogen) atoms. The number of H-pyrrole nitrogens is 1. The number of aromatic amines is 1. The highest BCUT2D eigenvalue weighted by Gasteiger charge is 2.45. The summed E-state index contributed by atoms with van der Waals surface area (Å²) in [5, 5.41) is 9.88. The van der Waals surface area contributed by atoms with Crippen LogP contribution in [0.25, 0.3) is 11.0 Å². The van der Waals surface area contributed by atoms with Gasteiger partial charge in [-0.1, -0.05) is 6.07 Å². The van der Waals surface area contributed by atoms with Crippen LogP contribution >= 0.6 is 0 Å². The first kappa shape index (κ1) is 27.1. The van der Waals surface area contributed by atoms with Crippen LogP contribution in [0.3, 0.4) is 0 Å². The molecule has 2 atom stereocenters. The third kappa shape index (κ3) is 6.09. The third-order valence-corrected chi connectivity index (χ3v) is 7.92. The van der Waals surface area contributed by atoms with Crippen LogP contribution in [0.1, 0.15) is 85.8 Å². The zero-order chi connectivity index (χ0) is 27.9. The van der Waals surface area contributed by atoms with Gasteiger partial charge in [-0.25, -0.2) is 22.5 Å². The van der Waals surface area contributed by atoms with E-state index in [-0.39, 0.29) is 74.6 Å². The summed E-state index contributed by atoms with van der Waals surface area (Å²) >= 11 is 0. The third-order valence-electron chi connectivity index (χ3n) is 7.92. The van der Waals surface area contributed by atoms with Gasteiger partial charge in [0.05, 0.1) is 23.1 Å². The van der Waals surface area contributed by atoms with Crippen LogP contribution in [0, 0.1) is 11.8 Å². The van der Waals surface area contributed by atoms with Gasteiger partial charge in [0.2, 0.25) is 17.8 Å². The molecule has 210 valence electrons. The number of hydrogen-bond acceptors (Lipinski definition) is 4. The molecule has 8 nitrogen and oxygen atoms in total. The fourth-order valence-corrected chi connectivity index (χ4v) is 5.65. The summed E-state index contributed by atoms with van der Waals surface area (Å²) in [4.78, 5) is 33.4. The highest BCUT2D eigenvalue weighted by atomic mass is 19.3. The van der Waals surface area contributed by atoms with Crippen molar-refractivity contribution in [2.24, 2.45) is 18.9 Å². The SMILES string of the molecule is CC(NC(=O)CC1CC(F)(F)C1)c1ccc2[nH]c(C(NC(=O)c3ccnn3C)C3CCC(F)(F)CC3)nc2c1. The molecular formula is C27H32F4N6O2. The molecule has 2 aliphatic rings. The molecule has 2 amide bonds. The number of alkyl halides is 4. The largest absolute Gasteiger partial charge is 0.350 e. The second-order valence-corrected chi connectivity index (χ2v) is 11.0. The van der Waals surface area contributed by atoms with Gasteiger partial charge in [-0.05, 0) is 55.4 Å². The highest BCUT2D eigenvalue weighted by molar-refractivity contribution is 5.92. The first-order valence-corrected chi connectivity index (χ1v) is 13.2. The summed E-state index contributed by atoms with van der Waals surface area (Å²) in [7, 11) is 1.65. The minimum Gasteiger partial charge on any atom is -0.350 e. The van der Waals surface area contributed by atoms with Crippen molar-refractivity contribution in [2.75, 3.05) is 0 Å². The summed E-state index contributed by atoms with van der Waals surface area (Å²) in [6.45, 7) is 1.81. The van der Waals surface area contributed by atoms with Crippen LogP contribution in [0.15, 0.2) is 30.5 Å². The predicted molar refractivity (Wildman–Crippen MR) is 135 cm³/mol. The van der Waals surface area contributed by atoms with Crippen LogP contribution in [0.4, 0.5) is 17.6 Å². The number of hydrogen-bond donors (Lipinski definition) is 3. The normalized spacial score (nSPS) is 20.8. The molecule has 12 heteroatoms. The monoisotopic (exact) mass is 548 g/mol. The van der Waals surface area contributed by atoms with E-state index in [2.05, 4.69) is 20.7 Å². The number of imidazole rings is 1. The standard InChI is InChI=1S/C27H32F4N6O2/c1-15(33-22(38)11-16-13-27(30,31)14-16)18-3-4-19-20(12-18)35-24(34-19)23(17-5-8-26(28,29)9-6-17)36-25(39)21-7-10-32-37(21)2/h3-4,7,10,12,15-17,23H,5-6,8-9,11,13-14H2,1-2H3,(H,33,38)(H,34,35)(H,36,39). The van der Waals surface area contributed by atoms with E-state index in [4.69, 9.17) is 4.98 Å². The molecule has 5 rings (SSSR count). The average molecular weight is 549 g/mol. The maximum absolute atomic E-state index is 13.9. The van der Waals surface area contributed by atoms with Crippen molar-refractivity contribution in [2.45, 2.75) is 75.8 Å². The molecule has 2 saturated carbocycles. The fraction of sp³-hybridized carbons (Fsp3) is 0.556. The Morgan fingerprint density at radius 2 is 1.82 bits per heavy atom. The van der Waals surface area contributed by atoms with Gasteiger partial charge in [-0.3, -0.25) is 14.3 Å². The van der Waals surface area contributed by atoms with Crippen molar-refractivity contribution in [1.82, 2.24) is 30.4 Å². The molecule has 2 aromatic heterocycles. The Labute approximate surface area is 222 Å². The molecule has 1 aromatic carbocycles. The number of rotatable bonds is 8. The van der Waals surface area contributed by atoms with Gasteiger partial charge in [0, 0.05) is 45.3 Å². The Hall–Kier alpha value is -3.44. The van der Waals surface area contributed by atoms with Gasteiger partial charge < -0.3 is 15.6 Å². The molecule has 2 fully saturated rings. The van der Waals surface area contributed by atoms with Crippen LogP contribution in [-0.4, -0.2) is 43.4 Å². The number of aromatic nitrogens is 4. The van der Waals surface area contributed by atoms with Crippen molar-refractivity contribution in [1.29, 1.82) is 0 Å². The number of nitrogens with zero attached hydrogens (tertiary/aromatic N) is 3. The molecule has 0 aliphatic heterocycles. The lowest BCUT2D eigenvalue weighted by atomic mass is 9.79. The highest BCUT2D eigenvalue weighted by Crippen LogP contribution is 2.44. The van der Waals surface area contributed by atoms with E-state index in [1.54, 1.807) is 20.0 Å². The van der Waals surface area contributed by atoms with Crippen molar-refractivity contribution >= 4 is 22.8 Å². The van der Waals surface area contributed by atoms with E-state index in [0.29, 0.717) is 22.6 Å². The maximum Gasteiger partial charge on any atom is 0.270 e. The van der Waals surface area contributed by atoms with E-state index in [1.807, 2.05) is 18.2 Å². The molecular weight excluding hydrogens is 516 g/mol. The van der Waals surface area contributed by atoms with Crippen LogP contribution in [-0.2, 0) is 11.8 Å². The second kappa shape index (κ2) is 10.3. The summed E-state index contributed by atoms with van der Waals surface area (Å²) in [5.74, 6) is -6.10. The molecule has 3 aromatic rings. The summed E-state index contributed by atoms with van der Waals surface area (Å²) in [5.41, 5.74) is 2.42. The molecule has 0 spiro atoms. The predicted octanol–water partition coefficient (Wildman–Crippen LogP) is 5.21. The number of carbonyl (C=O) groups excluding carboxylic acids is 2. The molecule has 0 saturated heterocycles. The second-order valence-electron chi connectivity index (χ2n) is 11.0. The Balaban J connectivity index is 1.33. The number of amides is 2. The lowest BCUT2D eigenvalue weighted by Crippen LogP contribution is -2.39. The average Bonchev–Trinajstić information content (AvgIpc) is 3.47. The van der Waals surface area contributed by atoms with E-state index >= 15 is 0 Å². The van der Waals surface area contributed by atoms with Gasteiger partial charge in [-0.2, -0.15) is 5.10 Å². The van der Waals surface area contributed by atoms with Crippen LogP contribution < -0.4 is 10.6 Å². The van der Waals surface area contributed by atoms with Crippen molar-refractivity contribution in [3.63, 3.8) is 0 Å². The van der Waals surface area contributed by atoms with Gasteiger partial charge in [0.25, 0.3) is 5.91 Å². The first-order valence-electron chi connectivity index (χ1n) is 13.2. The molecule has 2 heterocycles. The van der Waals surface area contributed by atoms with Crippen molar-refractivity contribution < 1.29 is 27.2 Å². The number of halogens is 4. The Bertz CT molecular complexity index is 1350. The number of benzene rings is 1. The number of aryl methyl sites for hydroxylation is 1. The maximum atomic E-state index is 13.9. The van der Waals surface area contributed by atoms with Crippen LogP contribution in [0.2, 0.25) is 0 Å². The van der Waals surface area contributed by atoms with Gasteiger partial charge in [0.15, 0.2) is 0 Å². The summed E-state index contributed by atoms with van der Waals surface area (Å²) in [6.07, 6.45) is 1.03. The van der Waals surface area contributed by atoms with E-state index in [9.17, 15) is 27.2 Å². The van der Waals surface area contributed by atoms with E-state index in [0.717, 1.165) is 5.56 Å². The van der Waals surface area contributed by atoms with E-state index < -0.39 is 17.9 Å². The molecule has 0 radical (unpaired) electrons. The van der Waals surface area contributed by atoms with Gasteiger partial charge in [0.1, 0.15) is 11.5 Å². The van der Waals surface area contributed by atoms with Gasteiger partial charge in [-0.15, -0.1) is 0 Å². The minimum absolute atomic E-state index is 0.0627. The zero-order valence-corrected chi connectivity index (χ0v) is 21.8. The Morgan fingerprint density at radius 3 is 2.46 bits per heavy atom. The van der Waals surface area contributed by atoms with Crippen molar-refractivity contribution in [3.8, 4) is 0 Å². The lowest BCUT2D eigenvalue weighted by Gasteiger charge is -2.34. The quantitative estimate of drug-likeness (QED) is 0.337. The minimum atomic E-state index is -2.71. The number of nitrogens with one attached hydrogen (secondary N) is 3. The summed E-state index contributed by atoms with van der Waals surface area (Å²) < 4.78 is 55.4. The molecule has 0 bridgehead atoms. The first-order chi connectivity index (χ1) is 18.4. The fourth-order valence-electron chi connectivity index (χ4n) is 5.65. The number of carbonyl (C=O) groups is 2. The van der Waals surface area contributed by atoms with Crippen LogP contribution in [0.5, 0.6) is 0 Å². The molecule has 2 aliphatic carbocycles. The number of fused-ring (bicyclic) bond motifs is 1.